The first kappa shape index (κ1) is 15.6. The molecule has 0 bridgehead atoms. The number of carbonyl (C=O) groups excluding carboxylic acids is 1. The number of aromatic amines is 1. The molecule has 1 fully saturated rings. The van der Waals surface area contributed by atoms with Crippen molar-refractivity contribution in [3.63, 3.8) is 0 Å². The third-order valence-electron chi connectivity index (χ3n) is 4.52. The molecule has 1 aromatic heterocycles. The zero-order chi connectivity index (χ0) is 17.4. The quantitative estimate of drug-likeness (QED) is 0.820. The van der Waals surface area contributed by atoms with Gasteiger partial charge in [-0.2, -0.15) is 0 Å². The Balaban J connectivity index is 1.58. The van der Waals surface area contributed by atoms with Gasteiger partial charge in [0.1, 0.15) is 11.6 Å². The van der Waals surface area contributed by atoms with Gasteiger partial charge in [0.2, 0.25) is 0 Å². The van der Waals surface area contributed by atoms with Crippen LogP contribution in [0.2, 0.25) is 0 Å². The number of hydrogen-bond acceptors (Lipinski definition) is 1. The molecule has 1 atom stereocenters. The van der Waals surface area contributed by atoms with E-state index in [4.69, 9.17) is 0 Å². The van der Waals surface area contributed by atoms with Crippen molar-refractivity contribution in [1.29, 1.82) is 0 Å². The Morgan fingerprint density at radius 1 is 1.16 bits per heavy atom. The summed E-state index contributed by atoms with van der Waals surface area (Å²) in [5, 5.41) is 2.90. The highest BCUT2D eigenvalue weighted by atomic mass is 19.1. The zero-order valence-corrected chi connectivity index (χ0v) is 13.4. The van der Waals surface area contributed by atoms with Crippen LogP contribution in [0.4, 0.5) is 8.78 Å². The minimum Gasteiger partial charge on any atom is -0.362 e. The fraction of sp³-hybridized carbons (Fsp3) is 0.150. The smallest absolute Gasteiger partial charge is 0.252 e. The van der Waals surface area contributed by atoms with Crippen LogP contribution in [0.15, 0.2) is 65.5 Å². The van der Waals surface area contributed by atoms with Crippen molar-refractivity contribution in [2.45, 2.75) is 12.8 Å². The van der Waals surface area contributed by atoms with E-state index in [0.717, 1.165) is 23.0 Å². The molecule has 0 saturated carbocycles. The summed E-state index contributed by atoms with van der Waals surface area (Å²) < 4.78 is 26.8. The van der Waals surface area contributed by atoms with Gasteiger partial charge in [-0.15, -0.1) is 0 Å². The molecule has 2 aromatic rings. The van der Waals surface area contributed by atoms with Crippen LogP contribution in [0.5, 0.6) is 0 Å². The van der Waals surface area contributed by atoms with Gasteiger partial charge in [0.25, 0.3) is 5.91 Å². The number of carbonyl (C=O) groups is 1. The molecule has 25 heavy (non-hydrogen) atoms. The van der Waals surface area contributed by atoms with Gasteiger partial charge in [-0.25, -0.2) is 8.78 Å². The molecule has 0 spiro atoms. The molecule has 4 rings (SSSR count). The van der Waals surface area contributed by atoms with Gasteiger partial charge in [0.05, 0.1) is 0 Å². The molecule has 3 nitrogen and oxygen atoms in total. The highest BCUT2D eigenvalue weighted by Crippen LogP contribution is 2.36. The predicted molar refractivity (Wildman–Crippen MR) is 91.2 cm³/mol. The number of hydrogen-bond donors (Lipinski definition) is 2. The third-order valence-corrected chi connectivity index (χ3v) is 4.52. The first-order chi connectivity index (χ1) is 12.1. The Morgan fingerprint density at radius 2 is 1.96 bits per heavy atom. The van der Waals surface area contributed by atoms with E-state index in [-0.39, 0.29) is 11.8 Å². The lowest BCUT2D eigenvalue weighted by Crippen LogP contribution is -2.14. The lowest BCUT2D eigenvalue weighted by Gasteiger charge is -2.19. The highest BCUT2D eigenvalue weighted by molar-refractivity contribution is 6.03. The van der Waals surface area contributed by atoms with Crippen molar-refractivity contribution in [1.82, 2.24) is 10.3 Å². The first-order valence-electron chi connectivity index (χ1n) is 8.09. The molecular weight excluding hydrogens is 322 g/mol. The number of H-pyrrole nitrogens is 1. The second-order valence-corrected chi connectivity index (χ2v) is 6.34. The van der Waals surface area contributed by atoms with Gasteiger partial charge < -0.3 is 10.3 Å². The Labute approximate surface area is 143 Å². The monoisotopic (exact) mass is 338 g/mol. The van der Waals surface area contributed by atoms with Crippen LogP contribution < -0.4 is 5.32 Å². The number of rotatable bonds is 3. The summed E-state index contributed by atoms with van der Waals surface area (Å²) in [5.41, 5.74) is 4.07. The maximum absolute atomic E-state index is 13.4. The highest BCUT2D eigenvalue weighted by Gasteiger charge is 2.34. The van der Waals surface area contributed by atoms with E-state index >= 15 is 0 Å². The molecule has 2 aliphatic rings. The molecule has 5 heteroatoms. The number of nitrogens with one attached hydrogen (secondary N) is 2. The SMILES string of the molecule is O=C1NC2=CC=C(Cc3cc(F)cc(F)c3)CC2/C1=C/c1ccc[nH]1. The fourth-order valence-corrected chi connectivity index (χ4v) is 3.41. The average Bonchev–Trinajstić information content (AvgIpc) is 3.16. The Morgan fingerprint density at radius 3 is 2.68 bits per heavy atom. The largest absolute Gasteiger partial charge is 0.362 e. The molecule has 1 aromatic carbocycles. The summed E-state index contributed by atoms with van der Waals surface area (Å²) >= 11 is 0. The van der Waals surface area contributed by atoms with Crippen LogP contribution in [0.3, 0.4) is 0 Å². The third kappa shape index (κ3) is 3.18. The maximum atomic E-state index is 13.4. The Kier molecular flexibility index (Phi) is 3.84. The lowest BCUT2D eigenvalue weighted by atomic mass is 9.85. The zero-order valence-electron chi connectivity index (χ0n) is 13.4. The number of aromatic nitrogens is 1. The van der Waals surface area contributed by atoms with Gasteiger partial charge >= 0.3 is 0 Å². The number of fused-ring (bicyclic) bond motifs is 1. The number of halogens is 2. The van der Waals surface area contributed by atoms with Gasteiger partial charge in [-0.3, -0.25) is 4.79 Å². The molecule has 1 unspecified atom stereocenters. The molecule has 1 amide bonds. The molecule has 126 valence electrons. The molecular formula is C20H16F2N2O. The fourth-order valence-electron chi connectivity index (χ4n) is 3.41. The van der Waals surface area contributed by atoms with Gasteiger partial charge in [0, 0.05) is 35.1 Å². The van der Waals surface area contributed by atoms with Crippen LogP contribution in [-0.4, -0.2) is 10.9 Å². The average molecular weight is 338 g/mol. The van der Waals surface area contributed by atoms with Gasteiger partial charge in [-0.05, 0) is 54.8 Å². The minimum atomic E-state index is -0.576. The van der Waals surface area contributed by atoms with E-state index < -0.39 is 11.6 Å². The normalized spacial score (nSPS) is 21.0. The van der Waals surface area contributed by atoms with E-state index in [9.17, 15) is 13.6 Å². The second kappa shape index (κ2) is 6.16. The van der Waals surface area contributed by atoms with E-state index in [1.165, 1.54) is 12.1 Å². The van der Waals surface area contributed by atoms with Crippen molar-refractivity contribution in [2.24, 2.45) is 5.92 Å². The summed E-state index contributed by atoms with van der Waals surface area (Å²) in [6, 6.07) is 7.33. The molecule has 1 saturated heterocycles. The standard InChI is InChI=1S/C20H16F2N2O/c21-14-7-13(8-15(22)10-14)6-12-3-4-19-17(9-12)18(20(25)24-19)11-16-2-1-5-23-16/h1-5,7-8,10-11,17,23H,6,9H2,(H,24,25)/b18-11-. The summed E-state index contributed by atoms with van der Waals surface area (Å²) in [4.78, 5) is 15.3. The van der Waals surface area contributed by atoms with E-state index in [1.54, 1.807) is 6.20 Å². The van der Waals surface area contributed by atoms with Crippen LogP contribution in [0.1, 0.15) is 17.7 Å². The van der Waals surface area contributed by atoms with Crippen LogP contribution in [0.25, 0.3) is 6.08 Å². The van der Waals surface area contributed by atoms with Crippen molar-refractivity contribution in [3.8, 4) is 0 Å². The van der Waals surface area contributed by atoms with E-state index in [1.807, 2.05) is 30.4 Å². The Bertz CT molecular complexity index is 903. The molecule has 2 N–H and O–H groups in total. The Hall–Kier alpha value is -2.95. The summed E-state index contributed by atoms with van der Waals surface area (Å²) in [6.45, 7) is 0. The lowest BCUT2D eigenvalue weighted by molar-refractivity contribution is -0.115. The number of benzene rings is 1. The molecule has 1 aliphatic carbocycles. The van der Waals surface area contributed by atoms with E-state index in [2.05, 4.69) is 10.3 Å². The van der Waals surface area contributed by atoms with Crippen LogP contribution >= 0.6 is 0 Å². The summed E-state index contributed by atoms with van der Waals surface area (Å²) in [6.07, 6.45) is 8.57. The predicted octanol–water partition coefficient (Wildman–Crippen LogP) is 3.88. The number of allylic oxidation sites excluding steroid dienone is 4. The molecule has 0 radical (unpaired) electrons. The summed E-state index contributed by atoms with van der Waals surface area (Å²) in [7, 11) is 0. The topological polar surface area (TPSA) is 44.9 Å². The van der Waals surface area contributed by atoms with E-state index in [0.29, 0.717) is 24.0 Å². The van der Waals surface area contributed by atoms with Crippen LogP contribution in [0, 0.1) is 17.6 Å². The van der Waals surface area contributed by atoms with Gasteiger partial charge in [0.15, 0.2) is 0 Å². The second-order valence-electron chi connectivity index (χ2n) is 6.34. The first-order valence-corrected chi connectivity index (χ1v) is 8.09. The minimum absolute atomic E-state index is 0.0470. The molecule has 1 aliphatic heterocycles. The maximum Gasteiger partial charge on any atom is 0.252 e. The van der Waals surface area contributed by atoms with Crippen LogP contribution in [-0.2, 0) is 11.2 Å². The van der Waals surface area contributed by atoms with Crippen molar-refractivity contribution in [3.05, 3.63) is 88.4 Å². The molecule has 2 heterocycles. The van der Waals surface area contributed by atoms with Gasteiger partial charge in [-0.1, -0.05) is 11.6 Å². The van der Waals surface area contributed by atoms with Crippen molar-refractivity contribution < 1.29 is 13.6 Å². The summed E-state index contributed by atoms with van der Waals surface area (Å²) in [5.74, 6) is -1.30. The number of amides is 1. The van der Waals surface area contributed by atoms with Crippen molar-refractivity contribution >= 4 is 12.0 Å². The van der Waals surface area contributed by atoms with Crippen molar-refractivity contribution in [2.75, 3.05) is 0 Å².